The minimum absolute atomic E-state index is 0.0976. The van der Waals surface area contributed by atoms with Gasteiger partial charge in [0.25, 0.3) is 0 Å². The van der Waals surface area contributed by atoms with Gasteiger partial charge in [0.1, 0.15) is 23.8 Å². The van der Waals surface area contributed by atoms with Gasteiger partial charge in [0.15, 0.2) is 17.1 Å². The summed E-state index contributed by atoms with van der Waals surface area (Å²) in [5, 5.41) is 27.4. The van der Waals surface area contributed by atoms with E-state index in [1.807, 2.05) is 41.4 Å². The number of fused-ring (bicyclic) bond motifs is 1. The molecule has 0 fully saturated rings. The third-order valence-corrected chi connectivity index (χ3v) is 5.68. The highest BCUT2D eigenvalue weighted by Crippen LogP contribution is 2.39. The quantitative estimate of drug-likeness (QED) is 0.283. The van der Waals surface area contributed by atoms with Crippen LogP contribution in [0.2, 0.25) is 0 Å². The molecule has 0 saturated heterocycles. The van der Waals surface area contributed by atoms with Crippen LogP contribution < -0.4 is 19.5 Å². The van der Waals surface area contributed by atoms with Crippen LogP contribution in [0, 0.1) is 0 Å². The van der Waals surface area contributed by atoms with E-state index in [1.165, 1.54) is 0 Å². The molecule has 192 valence electrons. The highest BCUT2D eigenvalue weighted by molar-refractivity contribution is 5.88. The maximum Gasteiger partial charge on any atom is 0.203 e. The summed E-state index contributed by atoms with van der Waals surface area (Å²) in [7, 11) is 4.69. The molecule has 0 bridgehead atoms. The van der Waals surface area contributed by atoms with Gasteiger partial charge >= 0.3 is 0 Å². The number of imidazole rings is 1. The summed E-state index contributed by atoms with van der Waals surface area (Å²) in [6, 6.07) is 3.75. The lowest BCUT2D eigenvalue weighted by atomic mass is 10.2. The van der Waals surface area contributed by atoms with Gasteiger partial charge in [-0.15, -0.1) is 0 Å². The molecule has 0 saturated carbocycles. The van der Waals surface area contributed by atoms with Crippen molar-refractivity contribution in [2.45, 2.75) is 38.8 Å². The van der Waals surface area contributed by atoms with Crippen LogP contribution in [0.25, 0.3) is 16.7 Å². The second kappa shape index (κ2) is 10.8. The smallest absolute Gasteiger partial charge is 0.203 e. The monoisotopic (exact) mass is 497 g/mol. The van der Waals surface area contributed by atoms with Gasteiger partial charge in [-0.05, 0) is 20.3 Å². The van der Waals surface area contributed by atoms with Gasteiger partial charge in [0, 0.05) is 24.6 Å². The van der Waals surface area contributed by atoms with Crippen molar-refractivity contribution in [3.63, 3.8) is 0 Å². The molecule has 12 nitrogen and oxygen atoms in total. The molecule has 0 spiro atoms. The summed E-state index contributed by atoms with van der Waals surface area (Å²) in [5.74, 6) is 3.21. The van der Waals surface area contributed by atoms with Crippen LogP contribution in [0.15, 0.2) is 30.9 Å². The molecule has 0 aliphatic heterocycles. The van der Waals surface area contributed by atoms with Gasteiger partial charge in [-0.1, -0.05) is 0 Å². The molecule has 0 aliphatic carbocycles. The summed E-state index contributed by atoms with van der Waals surface area (Å²) < 4.78 is 20.0. The van der Waals surface area contributed by atoms with Crippen molar-refractivity contribution in [2.24, 2.45) is 0 Å². The number of rotatable bonds is 11. The Bertz CT molecular complexity index is 1310. The number of aryl methyl sites for hydroxylation is 1. The van der Waals surface area contributed by atoms with Gasteiger partial charge in [0.2, 0.25) is 5.75 Å². The number of aliphatic hydroxyl groups is 2. The number of ether oxygens (including phenoxy) is 3. The zero-order valence-electron chi connectivity index (χ0n) is 21.0. The van der Waals surface area contributed by atoms with Crippen LogP contribution in [-0.2, 0) is 6.42 Å². The SMILES string of the molecule is COc1cc(-n2cnc(Nc3nc(CCC(O)CO)nc4c3cnn4C(C)C)c2)cc(OC)c1OC. The maximum atomic E-state index is 9.78. The van der Waals surface area contributed by atoms with E-state index in [-0.39, 0.29) is 12.6 Å². The number of methoxy groups -OCH3 is 3. The van der Waals surface area contributed by atoms with Crippen molar-refractivity contribution in [2.75, 3.05) is 33.3 Å². The van der Waals surface area contributed by atoms with Crippen LogP contribution >= 0.6 is 0 Å². The lowest BCUT2D eigenvalue weighted by Crippen LogP contribution is -2.14. The average Bonchev–Trinajstić information content (AvgIpc) is 3.53. The summed E-state index contributed by atoms with van der Waals surface area (Å²) >= 11 is 0. The largest absolute Gasteiger partial charge is 0.493 e. The van der Waals surface area contributed by atoms with Gasteiger partial charge in [-0.25, -0.2) is 19.6 Å². The first kappa shape index (κ1) is 25.2. The number of aliphatic hydroxyl groups excluding tert-OH is 2. The fraction of sp³-hybridized carbons (Fsp3) is 0.417. The van der Waals surface area contributed by atoms with Gasteiger partial charge in [-0.2, -0.15) is 5.10 Å². The average molecular weight is 498 g/mol. The number of anilines is 2. The molecule has 1 atom stereocenters. The lowest BCUT2D eigenvalue weighted by Gasteiger charge is -2.14. The fourth-order valence-electron chi connectivity index (χ4n) is 3.81. The van der Waals surface area contributed by atoms with E-state index in [1.54, 1.807) is 33.9 Å². The number of nitrogens with zero attached hydrogens (tertiary/aromatic N) is 6. The predicted octanol–water partition coefficient (Wildman–Crippen LogP) is 2.65. The maximum absolute atomic E-state index is 9.78. The van der Waals surface area contributed by atoms with Crippen LogP contribution in [0.1, 0.15) is 32.1 Å². The predicted molar refractivity (Wildman–Crippen MR) is 134 cm³/mol. The zero-order valence-corrected chi connectivity index (χ0v) is 21.0. The Kier molecular flexibility index (Phi) is 7.55. The molecule has 0 radical (unpaired) electrons. The van der Waals surface area contributed by atoms with Gasteiger partial charge in [-0.3, -0.25) is 0 Å². The topological polar surface area (TPSA) is 142 Å². The van der Waals surface area contributed by atoms with E-state index in [9.17, 15) is 5.11 Å². The van der Waals surface area contributed by atoms with Crippen LogP contribution in [0.4, 0.5) is 11.6 Å². The molecule has 1 unspecified atom stereocenters. The van der Waals surface area contributed by atoms with Crippen molar-refractivity contribution in [3.8, 4) is 22.9 Å². The molecule has 36 heavy (non-hydrogen) atoms. The van der Waals surface area contributed by atoms with Crippen LogP contribution in [-0.4, -0.2) is 73.6 Å². The number of nitrogens with one attached hydrogen (secondary N) is 1. The Morgan fingerprint density at radius 3 is 2.39 bits per heavy atom. The Hall–Kier alpha value is -3.90. The third-order valence-electron chi connectivity index (χ3n) is 5.68. The Labute approximate surface area is 208 Å². The first-order valence-corrected chi connectivity index (χ1v) is 11.5. The second-order valence-electron chi connectivity index (χ2n) is 8.46. The van der Waals surface area contributed by atoms with E-state index in [0.29, 0.717) is 53.2 Å². The normalized spacial score (nSPS) is 12.2. The van der Waals surface area contributed by atoms with Crippen LogP contribution in [0.3, 0.4) is 0 Å². The summed E-state index contributed by atoms with van der Waals surface area (Å²) in [6.07, 6.45) is 5.11. The molecule has 0 amide bonds. The van der Waals surface area contributed by atoms with E-state index >= 15 is 0 Å². The highest BCUT2D eigenvalue weighted by Gasteiger charge is 2.18. The fourth-order valence-corrected chi connectivity index (χ4v) is 3.81. The molecule has 3 aromatic heterocycles. The van der Waals surface area contributed by atoms with Crippen molar-refractivity contribution < 1.29 is 24.4 Å². The molecular weight excluding hydrogens is 466 g/mol. The standard InChI is InChI=1S/C24H31N7O5/c1-14(2)31-24-17(10-26-31)23(27-20(29-24)7-6-16(33)12-32)28-21-11-30(13-25-21)15-8-18(34-3)22(36-5)19(9-15)35-4/h8-11,13-14,16,32-33H,6-7,12H2,1-5H3,(H,27,28,29). The lowest BCUT2D eigenvalue weighted by molar-refractivity contribution is 0.0881. The molecule has 3 heterocycles. The zero-order chi connectivity index (χ0) is 25.8. The van der Waals surface area contributed by atoms with Gasteiger partial charge < -0.3 is 34.3 Å². The van der Waals surface area contributed by atoms with Crippen molar-refractivity contribution >= 4 is 22.7 Å². The summed E-state index contributed by atoms with van der Waals surface area (Å²) in [5.41, 5.74) is 1.45. The van der Waals surface area contributed by atoms with E-state index in [2.05, 4.69) is 25.4 Å². The van der Waals surface area contributed by atoms with Crippen LogP contribution in [0.5, 0.6) is 17.2 Å². The van der Waals surface area contributed by atoms with Gasteiger partial charge in [0.05, 0.1) is 57.5 Å². The van der Waals surface area contributed by atoms with Crippen molar-refractivity contribution in [3.05, 3.63) is 36.7 Å². The number of hydrogen-bond donors (Lipinski definition) is 3. The van der Waals surface area contributed by atoms with Crippen molar-refractivity contribution in [1.29, 1.82) is 0 Å². The Balaban J connectivity index is 1.68. The molecule has 4 rings (SSSR count). The summed E-state index contributed by atoms with van der Waals surface area (Å²) in [4.78, 5) is 13.8. The Morgan fingerprint density at radius 1 is 1.06 bits per heavy atom. The summed E-state index contributed by atoms with van der Waals surface area (Å²) in [6.45, 7) is 3.74. The molecular formula is C24H31N7O5. The Morgan fingerprint density at radius 2 is 1.78 bits per heavy atom. The minimum atomic E-state index is -0.829. The molecule has 3 N–H and O–H groups in total. The van der Waals surface area contributed by atoms with E-state index < -0.39 is 6.10 Å². The molecule has 4 aromatic rings. The number of aromatic nitrogens is 6. The second-order valence-corrected chi connectivity index (χ2v) is 8.46. The molecule has 1 aromatic carbocycles. The number of benzene rings is 1. The minimum Gasteiger partial charge on any atom is -0.493 e. The molecule has 12 heteroatoms. The first-order chi connectivity index (χ1) is 17.4. The van der Waals surface area contributed by atoms with E-state index in [0.717, 1.165) is 11.1 Å². The molecule has 0 aliphatic rings. The third kappa shape index (κ3) is 5.04. The highest BCUT2D eigenvalue weighted by atomic mass is 16.5. The first-order valence-electron chi connectivity index (χ1n) is 11.5. The number of hydrogen-bond acceptors (Lipinski definition) is 10. The van der Waals surface area contributed by atoms with Crippen molar-refractivity contribution in [1.82, 2.24) is 29.3 Å². The van der Waals surface area contributed by atoms with E-state index in [4.69, 9.17) is 19.3 Å².